The summed E-state index contributed by atoms with van der Waals surface area (Å²) in [5.74, 6) is -1.14. The molecule has 1 aromatic heterocycles. The van der Waals surface area contributed by atoms with Crippen LogP contribution in [-0.4, -0.2) is 44.3 Å². The zero-order chi connectivity index (χ0) is 21.0. The minimum absolute atomic E-state index is 0.142. The van der Waals surface area contributed by atoms with E-state index >= 15 is 0 Å². The van der Waals surface area contributed by atoms with E-state index in [4.69, 9.17) is 4.74 Å². The molecule has 156 valence electrons. The monoisotopic (exact) mass is 436 g/mol. The van der Waals surface area contributed by atoms with Gasteiger partial charge in [-0.3, -0.25) is 4.79 Å². The molecule has 1 aromatic carbocycles. The Morgan fingerprint density at radius 2 is 2.07 bits per heavy atom. The first kappa shape index (κ1) is 21.5. The molecule has 7 nitrogen and oxygen atoms in total. The first-order chi connectivity index (χ1) is 13.8. The number of amides is 1. The third kappa shape index (κ3) is 4.68. The van der Waals surface area contributed by atoms with Gasteiger partial charge in [-0.2, -0.15) is 4.31 Å². The molecule has 0 bridgehead atoms. The summed E-state index contributed by atoms with van der Waals surface area (Å²) in [7, 11) is -3.58. The Labute approximate surface area is 174 Å². The van der Waals surface area contributed by atoms with E-state index in [0.29, 0.717) is 36.2 Å². The number of thiophene rings is 1. The molecule has 0 spiro atoms. The second-order valence-corrected chi connectivity index (χ2v) is 9.93. The smallest absolute Gasteiger partial charge is 0.338 e. The number of nitrogens with one attached hydrogen (secondary N) is 1. The number of esters is 1. The van der Waals surface area contributed by atoms with Gasteiger partial charge in [0.25, 0.3) is 10.0 Å². The highest BCUT2D eigenvalue weighted by Gasteiger charge is 2.34. The highest BCUT2D eigenvalue weighted by atomic mass is 32.2. The van der Waals surface area contributed by atoms with Gasteiger partial charge in [-0.1, -0.05) is 12.1 Å². The summed E-state index contributed by atoms with van der Waals surface area (Å²) in [6, 6.07) is 8.33. The minimum atomic E-state index is -3.58. The van der Waals surface area contributed by atoms with Crippen LogP contribution in [0.2, 0.25) is 0 Å². The van der Waals surface area contributed by atoms with Gasteiger partial charge in [-0.25, -0.2) is 13.2 Å². The predicted molar refractivity (Wildman–Crippen MR) is 112 cm³/mol. The summed E-state index contributed by atoms with van der Waals surface area (Å²) >= 11 is 1.17. The fourth-order valence-corrected chi connectivity index (χ4v) is 6.02. The van der Waals surface area contributed by atoms with Gasteiger partial charge in [0.05, 0.1) is 18.1 Å². The standard InChI is InChI=1S/C20H24N2O5S2/c1-3-27-20(24)16-8-4-9-17(14(16)2)21-19(23)15-7-5-11-22(13-15)29(25,26)18-10-6-12-28-18/h4,6,8-10,12,15H,3,5,7,11,13H2,1-2H3,(H,21,23)/t15-/m1/s1. The maximum Gasteiger partial charge on any atom is 0.338 e. The summed E-state index contributed by atoms with van der Waals surface area (Å²) in [6.45, 7) is 4.30. The Balaban J connectivity index is 1.73. The fraction of sp³-hybridized carbons (Fsp3) is 0.400. The first-order valence-corrected chi connectivity index (χ1v) is 11.8. The molecule has 3 rings (SSSR count). The van der Waals surface area contributed by atoms with Crippen LogP contribution in [0.3, 0.4) is 0 Å². The minimum Gasteiger partial charge on any atom is -0.462 e. The Kier molecular flexibility index (Phi) is 6.71. The van der Waals surface area contributed by atoms with Crippen LogP contribution in [0.15, 0.2) is 39.9 Å². The second-order valence-electron chi connectivity index (χ2n) is 6.82. The SMILES string of the molecule is CCOC(=O)c1cccc(NC(=O)[C@@H]2CCCN(S(=O)(=O)c3cccs3)C2)c1C. The van der Waals surface area contributed by atoms with Gasteiger partial charge in [0, 0.05) is 18.8 Å². The van der Waals surface area contributed by atoms with Gasteiger partial charge >= 0.3 is 5.97 Å². The number of sulfonamides is 1. The average Bonchev–Trinajstić information content (AvgIpc) is 3.25. The van der Waals surface area contributed by atoms with Gasteiger partial charge < -0.3 is 10.1 Å². The van der Waals surface area contributed by atoms with Crippen molar-refractivity contribution in [2.24, 2.45) is 5.92 Å². The summed E-state index contributed by atoms with van der Waals surface area (Å²) < 4.78 is 32.2. The van der Waals surface area contributed by atoms with E-state index in [2.05, 4.69) is 5.32 Å². The molecule has 1 aliphatic rings. The number of ether oxygens (including phenoxy) is 1. The molecule has 0 radical (unpaired) electrons. The second kappa shape index (κ2) is 9.06. The third-order valence-electron chi connectivity index (χ3n) is 4.93. The molecule has 29 heavy (non-hydrogen) atoms. The Morgan fingerprint density at radius 1 is 1.28 bits per heavy atom. The van der Waals surface area contributed by atoms with Crippen molar-refractivity contribution in [2.75, 3.05) is 25.0 Å². The number of carbonyl (C=O) groups excluding carboxylic acids is 2. The van der Waals surface area contributed by atoms with Gasteiger partial charge in [0.1, 0.15) is 4.21 Å². The van der Waals surface area contributed by atoms with E-state index in [0.717, 1.165) is 0 Å². The Hall–Kier alpha value is -2.23. The maximum atomic E-state index is 12.8. The molecule has 1 atom stereocenters. The largest absolute Gasteiger partial charge is 0.462 e. The van der Waals surface area contributed by atoms with E-state index in [-0.39, 0.29) is 23.3 Å². The zero-order valence-electron chi connectivity index (χ0n) is 16.4. The topological polar surface area (TPSA) is 92.8 Å². The molecule has 0 aliphatic carbocycles. The van der Waals surface area contributed by atoms with Crippen LogP contribution >= 0.6 is 11.3 Å². The molecule has 0 saturated carbocycles. The summed E-state index contributed by atoms with van der Waals surface area (Å²) in [5, 5.41) is 4.58. The van der Waals surface area contributed by atoms with Crippen LogP contribution in [0.4, 0.5) is 5.69 Å². The molecule has 9 heteroatoms. The Morgan fingerprint density at radius 3 is 2.76 bits per heavy atom. The number of hydrogen-bond acceptors (Lipinski definition) is 6. The van der Waals surface area contributed by atoms with Crippen LogP contribution < -0.4 is 5.32 Å². The highest BCUT2D eigenvalue weighted by Crippen LogP contribution is 2.28. The molecular formula is C20H24N2O5S2. The number of nitrogens with zero attached hydrogens (tertiary/aromatic N) is 1. The molecular weight excluding hydrogens is 412 g/mol. The van der Waals surface area contributed by atoms with Crippen molar-refractivity contribution in [1.29, 1.82) is 0 Å². The van der Waals surface area contributed by atoms with Crippen LogP contribution in [0.25, 0.3) is 0 Å². The van der Waals surface area contributed by atoms with E-state index in [1.165, 1.54) is 15.6 Å². The van der Waals surface area contributed by atoms with Crippen LogP contribution in [0.1, 0.15) is 35.7 Å². The van der Waals surface area contributed by atoms with E-state index in [1.54, 1.807) is 49.6 Å². The zero-order valence-corrected chi connectivity index (χ0v) is 18.0. The lowest BCUT2D eigenvalue weighted by molar-refractivity contribution is -0.120. The van der Waals surface area contributed by atoms with E-state index in [1.807, 2.05) is 0 Å². The predicted octanol–water partition coefficient (Wildman–Crippen LogP) is 3.27. The van der Waals surface area contributed by atoms with Crippen molar-refractivity contribution in [3.8, 4) is 0 Å². The number of carbonyl (C=O) groups is 2. The van der Waals surface area contributed by atoms with Crippen molar-refractivity contribution in [3.63, 3.8) is 0 Å². The lowest BCUT2D eigenvalue weighted by Crippen LogP contribution is -2.43. The number of piperidine rings is 1. The summed E-state index contributed by atoms with van der Waals surface area (Å²) in [4.78, 5) is 24.9. The van der Waals surface area contributed by atoms with Crippen LogP contribution in [0, 0.1) is 12.8 Å². The average molecular weight is 437 g/mol. The van der Waals surface area contributed by atoms with Gasteiger partial charge in [-0.05, 0) is 55.8 Å². The summed E-state index contributed by atoms with van der Waals surface area (Å²) in [5.41, 5.74) is 1.55. The van der Waals surface area contributed by atoms with Crippen molar-refractivity contribution in [3.05, 3.63) is 46.8 Å². The number of anilines is 1. The lowest BCUT2D eigenvalue weighted by Gasteiger charge is -2.31. The first-order valence-electron chi connectivity index (χ1n) is 9.45. The van der Waals surface area contributed by atoms with Crippen LogP contribution in [0.5, 0.6) is 0 Å². The van der Waals surface area contributed by atoms with Crippen molar-refractivity contribution < 1.29 is 22.7 Å². The summed E-state index contributed by atoms with van der Waals surface area (Å²) in [6.07, 6.45) is 1.23. The molecule has 1 aliphatic heterocycles. The molecule has 1 fully saturated rings. The number of rotatable bonds is 6. The quantitative estimate of drug-likeness (QED) is 0.702. The van der Waals surface area contributed by atoms with Crippen molar-refractivity contribution in [2.45, 2.75) is 30.9 Å². The van der Waals surface area contributed by atoms with Gasteiger partial charge in [-0.15, -0.1) is 11.3 Å². The number of benzene rings is 1. The van der Waals surface area contributed by atoms with E-state index < -0.39 is 21.9 Å². The fourth-order valence-electron chi connectivity index (χ4n) is 3.35. The van der Waals surface area contributed by atoms with Crippen molar-refractivity contribution in [1.82, 2.24) is 4.31 Å². The molecule has 1 N–H and O–H groups in total. The molecule has 1 amide bonds. The molecule has 1 saturated heterocycles. The third-order valence-corrected chi connectivity index (χ3v) is 8.17. The Bertz CT molecular complexity index is 986. The highest BCUT2D eigenvalue weighted by molar-refractivity contribution is 7.91. The van der Waals surface area contributed by atoms with Crippen molar-refractivity contribution >= 4 is 38.9 Å². The number of hydrogen-bond donors (Lipinski definition) is 1. The molecule has 2 aromatic rings. The maximum absolute atomic E-state index is 12.8. The molecule has 0 unspecified atom stereocenters. The lowest BCUT2D eigenvalue weighted by atomic mass is 9.98. The molecule has 2 heterocycles. The van der Waals surface area contributed by atoms with Gasteiger partial charge in [0.15, 0.2) is 0 Å². The van der Waals surface area contributed by atoms with Crippen LogP contribution in [-0.2, 0) is 19.6 Å². The van der Waals surface area contributed by atoms with E-state index in [9.17, 15) is 18.0 Å². The normalized spacial score (nSPS) is 17.7. The van der Waals surface area contributed by atoms with Gasteiger partial charge in [0.2, 0.25) is 5.91 Å².